The topological polar surface area (TPSA) is 70.2 Å². The second kappa shape index (κ2) is 9.20. The molecule has 0 aliphatic carbocycles. The molecule has 3 rings (SSSR count). The average molecular weight is 437 g/mol. The Hall–Kier alpha value is -2.71. The first-order chi connectivity index (χ1) is 14.5. The van der Waals surface area contributed by atoms with Crippen LogP contribution in [-0.4, -0.2) is 77.5 Å². The van der Waals surface area contributed by atoms with Crippen molar-refractivity contribution in [1.29, 1.82) is 0 Å². The molecule has 0 aromatic heterocycles. The van der Waals surface area contributed by atoms with Crippen LogP contribution in [0.25, 0.3) is 0 Å². The Morgan fingerprint density at radius 1 is 0.903 bits per heavy atom. The summed E-state index contributed by atoms with van der Waals surface area (Å²) in [5.41, 5.74) is -0.726. The van der Waals surface area contributed by atoms with Gasteiger partial charge in [-0.2, -0.15) is 0 Å². The molecule has 0 saturated carbocycles. The summed E-state index contributed by atoms with van der Waals surface area (Å²) in [5.74, 6) is -2.30. The van der Waals surface area contributed by atoms with Crippen molar-refractivity contribution in [3.8, 4) is 0 Å². The second-order valence-corrected chi connectivity index (χ2v) is 8.98. The number of piperazine rings is 1. The van der Waals surface area contributed by atoms with Crippen LogP contribution in [0.2, 0.25) is 0 Å². The molecule has 7 nitrogen and oxygen atoms in total. The zero-order valence-corrected chi connectivity index (χ0v) is 18.2. The van der Waals surface area contributed by atoms with Gasteiger partial charge >= 0.3 is 6.09 Å². The van der Waals surface area contributed by atoms with Crippen molar-refractivity contribution in [3.63, 3.8) is 0 Å². The predicted octanol–water partition coefficient (Wildman–Crippen LogP) is 2.90. The number of ether oxygens (including phenoxy) is 1. The Morgan fingerprint density at radius 2 is 1.48 bits per heavy atom. The summed E-state index contributed by atoms with van der Waals surface area (Å²) in [6.45, 7) is 7.83. The highest BCUT2D eigenvalue weighted by atomic mass is 19.1. The summed E-state index contributed by atoms with van der Waals surface area (Å²) < 4.78 is 32.3. The number of carbonyl (C=O) groups is 3. The fourth-order valence-electron chi connectivity index (χ4n) is 3.86. The highest BCUT2D eigenvalue weighted by Gasteiger charge is 2.34. The van der Waals surface area contributed by atoms with E-state index in [4.69, 9.17) is 4.74 Å². The largest absolute Gasteiger partial charge is 0.444 e. The van der Waals surface area contributed by atoms with Crippen LogP contribution < -0.4 is 0 Å². The van der Waals surface area contributed by atoms with E-state index in [0.717, 1.165) is 12.1 Å². The molecular weight excluding hydrogens is 408 g/mol. The van der Waals surface area contributed by atoms with Gasteiger partial charge in [0, 0.05) is 51.3 Å². The molecule has 3 amide bonds. The first kappa shape index (κ1) is 23.0. The van der Waals surface area contributed by atoms with E-state index in [2.05, 4.69) is 0 Å². The zero-order chi connectivity index (χ0) is 22.8. The molecule has 1 aromatic carbocycles. The zero-order valence-electron chi connectivity index (χ0n) is 18.2. The van der Waals surface area contributed by atoms with Gasteiger partial charge in [-0.15, -0.1) is 0 Å². The molecule has 0 N–H and O–H groups in total. The molecule has 2 saturated heterocycles. The minimum absolute atomic E-state index is 0.0175. The van der Waals surface area contributed by atoms with Gasteiger partial charge in [-0.3, -0.25) is 9.59 Å². The first-order valence-corrected chi connectivity index (χ1v) is 10.6. The summed E-state index contributed by atoms with van der Waals surface area (Å²) in [6.07, 6.45) is 0.596. The number of amides is 3. The van der Waals surface area contributed by atoms with E-state index in [0.29, 0.717) is 58.2 Å². The third kappa shape index (κ3) is 5.71. The van der Waals surface area contributed by atoms with E-state index >= 15 is 0 Å². The third-order valence-corrected chi connectivity index (χ3v) is 5.54. The number of hydrogen-bond acceptors (Lipinski definition) is 4. The number of hydrogen-bond donors (Lipinski definition) is 0. The van der Waals surface area contributed by atoms with E-state index in [1.807, 2.05) is 20.8 Å². The van der Waals surface area contributed by atoms with Crippen LogP contribution in [0.1, 0.15) is 44.0 Å². The number of benzene rings is 1. The highest BCUT2D eigenvalue weighted by molar-refractivity contribution is 5.94. The van der Waals surface area contributed by atoms with Crippen molar-refractivity contribution in [2.75, 3.05) is 39.3 Å². The standard InChI is InChI=1S/C22H29F2N3O4/c1-22(2,3)31-21(30)27-12-10-26(11-13-27)19(28)15-6-8-25(9-7-15)20(29)17-5-4-16(23)14-18(17)24/h4-5,14-15H,6-13H2,1-3H3. The summed E-state index contributed by atoms with van der Waals surface area (Å²) in [5, 5.41) is 0. The maximum atomic E-state index is 13.9. The lowest BCUT2D eigenvalue weighted by molar-refractivity contribution is -0.138. The van der Waals surface area contributed by atoms with Gasteiger partial charge in [-0.25, -0.2) is 13.6 Å². The van der Waals surface area contributed by atoms with Crippen molar-refractivity contribution in [2.45, 2.75) is 39.2 Å². The molecule has 2 aliphatic heterocycles. The van der Waals surface area contributed by atoms with E-state index in [1.54, 1.807) is 9.80 Å². The molecule has 0 radical (unpaired) electrons. The monoisotopic (exact) mass is 437 g/mol. The van der Waals surface area contributed by atoms with Crippen LogP contribution >= 0.6 is 0 Å². The van der Waals surface area contributed by atoms with Crippen LogP contribution in [0.5, 0.6) is 0 Å². The summed E-state index contributed by atoms with van der Waals surface area (Å²) in [4.78, 5) is 42.4. The van der Waals surface area contributed by atoms with Gasteiger partial charge in [0.2, 0.25) is 5.91 Å². The van der Waals surface area contributed by atoms with Crippen LogP contribution in [0.4, 0.5) is 13.6 Å². The van der Waals surface area contributed by atoms with E-state index < -0.39 is 23.1 Å². The van der Waals surface area contributed by atoms with Gasteiger partial charge in [0.25, 0.3) is 5.91 Å². The van der Waals surface area contributed by atoms with Crippen molar-refractivity contribution in [2.24, 2.45) is 5.92 Å². The Balaban J connectivity index is 1.48. The Bertz CT molecular complexity index is 840. The van der Waals surface area contributed by atoms with Gasteiger partial charge in [0.1, 0.15) is 17.2 Å². The van der Waals surface area contributed by atoms with Crippen molar-refractivity contribution in [3.05, 3.63) is 35.4 Å². The smallest absolute Gasteiger partial charge is 0.410 e. The molecule has 2 aliphatic rings. The lowest BCUT2D eigenvalue weighted by Gasteiger charge is -2.38. The number of halogens is 2. The van der Waals surface area contributed by atoms with Gasteiger partial charge in [-0.1, -0.05) is 0 Å². The lowest BCUT2D eigenvalue weighted by Crippen LogP contribution is -2.53. The average Bonchev–Trinajstić information content (AvgIpc) is 2.72. The molecule has 0 spiro atoms. The SMILES string of the molecule is CC(C)(C)OC(=O)N1CCN(C(=O)C2CCN(C(=O)c3ccc(F)cc3F)CC2)CC1. The molecule has 2 fully saturated rings. The Labute approximate surface area is 180 Å². The van der Waals surface area contributed by atoms with Gasteiger partial charge in [0.05, 0.1) is 5.56 Å². The first-order valence-electron chi connectivity index (χ1n) is 10.6. The number of carbonyl (C=O) groups excluding carboxylic acids is 3. The second-order valence-electron chi connectivity index (χ2n) is 8.98. The number of rotatable bonds is 2. The molecule has 2 heterocycles. The Kier molecular flexibility index (Phi) is 6.81. The fourth-order valence-corrected chi connectivity index (χ4v) is 3.86. The van der Waals surface area contributed by atoms with Crippen LogP contribution in [-0.2, 0) is 9.53 Å². The summed E-state index contributed by atoms with van der Waals surface area (Å²) in [6, 6.07) is 2.90. The normalized spacial score (nSPS) is 18.2. The van der Waals surface area contributed by atoms with E-state index in [9.17, 15) is 23.2 Å². The third-order valence-electron chi connectivity index (χ3n) is 5.54. The van der Waals surface area contributed by atoms with Gasteiger partial charge in [-0.05, 0) is 45.7 Å². The molecule has 31 heavy (non-hydrogen) atoms. The van der Waals surface area contributed by atoms with Gasteiger partial charge in [0.15, 0.2) is 0 Å². The van der Waals surface area contributed by atoms with Crippen molar-refractivity contribution >= 4 is 17.9 Å². The fraction of sp³-hybridized carbons (Fsp3) is 0.591. The summed E-state index contributed by atoms with van der Waals surface area (Å²) in [7, 11) is 0. The van der Waals surface area contributed by atoms with Crippen LogP contribution in [0.15, 0.2) is 18.2 Å². The molecule has 170 valence electrons. The maximum absolute atomic E-state index is 13.9. The summed E-state index contributed by atoms with van der Waals surface area (Å²) >= 11 is 0. The lowest BCUT2D eigenvalue weighted by atomic mass is 9.94. The van der Waals surface area contributed by atoms with Crippen LogP contribution in [0, 0.1) is 17.6 Å². The van der Waals surface area contributed by atoms with E-state index in [1.165, 1.54) is 4.90 Å². The minimum Gasteiger partial charge on any atom is -0.444 e. The number of likely N-dealkylation sites (tertiary alicyclic amines) is 1. The quantitative estimate of drug-likeness (QED) is 0.714. The number of nitrogens with zero attached hydrogens (tertiary/aromatic N) is 3. The molecule has 0 unspecified atom stereocenters. The van der Waals surface area contributed by atoms with Crippen LogP contribution in [0.3, 0.4) is 0 Å². The van der Waals surface area contributed by atoms with Gasteiger partial charge < -0.3 is 19.4 Å². The minimum atomic E-state index is -0.883. The van der Waals surface area contributed by atoms with E-state index in [-0.39, 0.29) is 23.5 Å². The maximum Gasteiger partial charge on any atom is 0.410 e. The molecule has 1 aromatic rings. The predicted molar refractivity (Wildman–Crippen MR) is 109 cm³/mol. The number of piperidine rings is 1. The Morgan fingerprint density at radius 3 is 2.03 bits per heavy atom. The molecule has 9 heteroatoms. The molecule has 0 bridgehead atoms. The van der Waals surface area contributed by atoms with Crippen molar-refractivity contribution < 1.29 is 27.9 Å². The molecule has 0 atom stereocenters. The highest BCUT2D eigenvalue weighted by Crippen LogP contribution is 2.23. The van der Waals surface area contributed by atoms with Crippen molar-refractivity contribution in [1.82, 2.24) is 14.7 Å². The molecular formula is C22H29F2N3O4.